The molecule has 4 heteroatoms. The smallest absolute Gasteiger partial charge is 0.152 e. The summed E-state index contributed by atoms with van der Waals surface area (Å²) in [5, 5.41) is 0.368. The number of hydrogen-bond donors (Lipinski definition) is 2. The molecule has 2 aromatic heterocycles. The zero-order chi connectivity index (χ0) is 7.84. The number of nitrogens with one attached hydrogen (secondary N) is 1. The van der Waals surface area contributed by atoms with E-state index in [1.54, 1.807) is 6.07 Å². The molecule has 0 aliphatic rings. The first kappa shape index (κ1) is 6.15. The molecule has 0 saturated heterocycles. The first-order chi connectivity index (χ1) is 5.29. The van der Waals surface area contributed by atoms with Crippen molar-refractivity contribution in [2.75, 3.05) is 5.73 Å². The van der Waals surface area contributed by atoms with Gasteiger partial charge in [-0.3, -0.25) is 0 Å². The molecule has 3 nitrogen and oxygen atoms in total. The van der Waals surface area contributed by atoms with Crippen molar-refractivity contribution in [1.82, 2.24) is 9.97 Å². The van der Waals surface area contributed by atoms with Crippen LogP contribution in [0, 0.1) is 5.82 Å². The molecule has 56 valence electrons. The van der Waals surface area contributed by atoms with Crippen molar-refractivity contribution in [3.05, 3.63) is 24.3 Å². The number of hydrogen-bond acceptors (Lipinski definition) is 2. The van der Waals surface area contributed by atoms with Crippen molar-refractivity contribution in [2.24, 2.45) is 0 Å². The summed E-state index contributed by atoms with van der Waals surface area (Å²) in [7, 11) is 0. The molecule has 0 saturated carbocycles. The number of H-pyrrole nitrogens is 1. The van der Waals surface area contributed by atoms with E-state index in [2.05, 4.69) is 9.97 Å². The minimum Gasteiger partial charge on any atom is -0.398 e. The second-order valence-corrected chi connectivity index (χ2v) is 2.26. The lowest BCUT2D eigenvalue weighted by atomic mass is 10.3. The lowest BCUT2D eigenvalue weighted by Gasteiger charge is -1.92. The molecule has 0 unspecified atom stereocenters. The summed E-state index contributed by atoms with van der Waals surface area (Å²) in [5.74, 6) is -0.356. The number of aromatic amines is 1. The molecule has 0 bridgehead atoms. The Labute approximate surface area is 62.0 Å². The zero-order valence-corrected chi connectivity index (χ0v) is 5.63. The van der Waals surface area contributed by atoms with E-state index >= 15 is 0 Å². The third kappa shape index (κ3) is 0.756. The number of aromatic nitrogens is 2. The molecule has 0 spiro atoms. The zero-order valence-electron chi connectivity index (χ0n) is 5.63. The highest BCUT2D eigenvalue weighted by molar-refractivity contribution is 5.88. The molecular weight excluding hydrogens is 145 g/mol. The Morgan fingerprint density at radius 2 is 2.36 bits per heavy atom. The van der Waals surface area contributed by atoms with Gasteiger partial charge >= 0.3 is 0 Å². The van der Waals surface area contributed by atoms with E-state index in [0.717, 1.165) is 0 Å². The molecule has 3 N–H and O–H groups in total. The Balaban J connectivity index is 2.96. The lowest BCUT2D eigenvalue weighted by Crippen LogP contribution is -1.87. The molecule has 0 aromatic carbocycles. The molecule has 11 heavy (non-hydrogen) atoms. The maximum atomic E-state index is 12.9. The molecule has 0 fully saturated rings. The summed E-state index contributed by atoms with van der Waals surface area (Å²) in [6.45, 7) is 0. The summed E-state index contributed by atoms with van der Waals surface area (Å²) in [6.07, 6.45) is 2.78. The van der Waals surface area contributed by atoms with E-state index in [0.29, 0.717) is 16.7 Å². The average molecular weight is 151 g/mol. The van der Waals surface area contributed by atoms with Gasteiger partial charge in [0.15, 0.2) is 5.82 Å². The van der Waals surface area contributed by atoms with Gasteiger partial charge in [-0.15, -0.1) is 0 Å². The molecule has 0 amide bonds. The van der Waals surface area contributed by atoms with Crippen molar-refractivity contribution in [3.63, 3.8) is 0 Å². The van der Waals surface area contributed by atoms with Gasteiger partial charge in [-0.25, -0.2) is 9.37 Å². The summed E-state index contributed by atoms with van der Waals surface area (Å²) >= 11 is 0. The Morgan fingerprint density at radius 3 is 3.09 bits per heavy atom. The van der Waals surface area contributed by atoms with Crippen LogP contribution in [0.2, 0.25) is 0 Å². The van der Waals surface area contributed by atoms with E-state index in [-0.39, 0.29) is 5.82 Å². The largest absolute Gasteiger partial charge is 0.398 e. The van der Waals surface area contributed by atoms with Crippen molar-refractivity contribution in [3.8, 4) is 0 Å². The standard InChI is InChI=1S/C7H6FN3/c8-4-3-11-7-6(4)5(9)1-2-10-7/h1-3H,(H3,9,10,11). The van der Waals surface area contributed by atoms with Crippen LogP contribution in [0.3, 0.4) is 0 Å². The number of pyridine rings is 1. The van der Waals surface area contributed by atoms with Gasteiger partial charge in [0.25, 0.3) is 0 Å². The molecule has 2 heterocycles. The minimum atomic E-state index is -0.356. The number of anilines is 1. The van der Waals surface area contributed by atoms with Crippen LogP contribution in [-0.2, 0) is 0 Å². The molecular formula is C7H6FN3. The number of fused-ring (bicyclic) bond motifs is 1. The topological polar surface area (TPSA) is 54.7 Å². The van der Waals surface area contributed by atoms with Crippen molar-refractivity contribution in [1.29, 1.82) is 0 Å². The number of halogens is 1. The van der Waals surface area contributed by atoms with Gasteiger partial charge in [0.1, 0.15) is 5.65 Å². The molecule has 0 radical (unpaired) electrons. The highest BCUT2D eigenvalue weighted by Crippen LogP contribution is 2.20. The third-order valence-corrected chi connectivity index (χ3v) is 1.56. The van der Waals surface area contributed by atoms with Gasteiger partial charge in [0, 0.05) is 18.1 Å². The van der Waals surface area contributed by atoms with Gasteiger partial charge in [-0.1, -0.05) is 0 Å². The fourth-order valence-corrected chi connectivity index (χ4v) is 1.04. The van der Waals surface area contributed by atoms with Crippen LogP contribution in [0.15, 0.2) is 18.5 Å². The molecule has 2 aromatic rings. The fourth-order valence-electron chi connectivity index (χ4n) is 1.04. The average Bonchev–Trinajstić information content (AvgIpc) is 2.34. The molecule has 0 atom stereocenters. The first-order valence-corrected chi connectivity index (χ1v) is 3.16. The van der Waals surface area contributed by atoms with Gasteiger partial charge in [0.2, 0.25) is 0 Å². The molecule has 0 aliphatic heterocycles. The Morgan fingerprint density at radius 1 is 1.55 bits per heavy atom. The predicted octanol–water partition coefficient (Wildman–Crippen LogP) is 1.28. The van der Waals surface area contributed by atoms with Crippen molar-refractivity contribution in [2.45, 2.75) is 0 Å². The molecule has 2 rings (SSSR count). The number of nitrogens with zero attached hydrogens (tertiary/aromatic N) is 1. The summed E-state index contributed by atoms with van der Waals surface area (Å²) in [4.78, 5) is 6.55. The van der Waals surface area contributed by atoms with Gasteiger partial charge < -0.3 is 10.7 Å². The third-order valence-electron chi connectivity index (χ3n) is 1.56. The minimum absolute atomic E-state index is 0.356. The summed E-state index contributed by atoms with van der Waals surface area (Å²) in [6, 6.07) is 1.57. The Hall–Kier alpha value is -1.58. The van der Waals surface area contributed by atoms with E-state index in [4.69, 9.17) is 5.73 Å². The van der Waals surface area contributed by atoms with Crippen LogP contribution < -0.4 is 5.73 Å². The summed E-state index contributed by atoms with van der Waals surface area (Å²) < 4.78 is 12.9. The first-order valence-electron chi connectivity index (χ1n) is 3.16. The van der Waals surface area contributed by atoms with E-state index in [9.17, 15) is 4.39 Å². The lowest BCUT2D eigenvalue weighted by molar-refractivity contribution is 0.639. The maximum Gasteiger partial charge on any atom is 0.152 e. The quantitative estimate of drug-likeness (QED) is 0.596. The Bertz CT molecular complexity index is 393. The van der Waals surface area contributed by atoms with Crippen molar-refractivity contribution >= 4 is 16.7 Å². The predicted molar refractivity (Wildman–Crippen MR) is 40.5 cm³/mol. The van der Waals surface area contributed by atoms with Crippen LogP contribution in [0.5, 0.6) is 0 Å². The number of rotatable bonds is 0. The van der Waals surface area contributed by atoms with Crippen LogP contribution in [0.4, 0.5) is 10.1 Å². The van der Waals surface area contributed by atoms with Crippen molar-refractivity contribution < 1.29 is 4.39 Å². The van der Waals surface area contributed by atoms with Gasteiger partial charge in [-0.05, 0) is 6.07 Å². The SMILES string of the molecule is Nc1ccnc2[nH]cc(F)c12. The van der Waals surface area contributed by atoms with E-state index in [1.165, 1.54) is 12.4 Å². The van der Waals surface area contributed by atoms with E-state index < -0.39 is 0 Å². The highest BCUT2D eigenvalue weighted by Gasteiger charge is 2.05. The number of nitrogen functional groups attached to an aromatic ring is 1. The maximum absolute atomic E-state index is 12.9. The van der Waals surface area contributed by atoms with Gasteiger partial charge in [0.05, 0.1) is 5.39 Å². The highest BCUT2D eigenvalue weighted by atomic mass is 19.1. The van der Waals surface area contributed by atoms with Crippen LogP contribution in [0.25, 0.3) is 11.0 Å². The molecule has 0 aliphatic carbocycles. The summed E-state index contributed by atoms with van der Waals surface area (Å²) in [5.41, 5.74) is 6.40. The fraction of sp³-hybridized carbons (Fsp3) is 0. The second-order valence-electron chi connectivity index (χ2n) is 2.26. The normalized spacial score (nSPS) is 10.6. The monoisotopic (exact) mass is 151 g/mol. The van der Waals surface area contributed by atoms with Crippen LogP contribution >= 0.6 is 0 Å². The second kappa shape index (κ2) is 1.95. The van der Waals surface area contributed by atoms with Crippen LogP contribution in [-0.4, -0.2) is 9.97 Å². The Kier molecular flexibility index (Phi) is 1.09. The van der Waals surface area contributed by atoms with Gasteiger partial charge in [-0.2, -0.15) is 0 Å². The van der Waals surface area contributed by atoms with Crippen LogP contribution in [0.1, 0.15) is 0 Å². The van der Waals surface area contributed by atoms with E-state index in [1.807, 2.05) is 0 Å². The number of nitrogens with two attached hydrogens (primary N) is 1.